The Morgan fingerprint density at radius 3 is 2.64 bits per heavy atom. The monoisotopic (exact) mass is 426 g/mol. The number of anilines is 1. The van der Waals surface area contributed by atoms with Crippen molar-refractivity contribution in [2.75, 3.05) is 11.1 Å². The summed E-state index contributed by atoms with van der Waals surface area (Å²) in [5.74, 6) is 0.0607. The Bertz CT molecular complexity index is 963. The zero-order chi connectivity index (χ0) is 20.1. The molecule has 1 aromatic heterocycles. The molecule has 28 heavy (non-hydrogen) atoms. The summed E-state index contributed by atoms with van der Waals surface area (Å²) in [5.41, 5.74) is 0.0772. The molecular weight excluding hydrogens is 413 g/mol. The molecule has 146 valence electrons. The number of aromatic amines is 1. The van der Waals surface area contributed by atoms with E-state index in [0.717, 1.165) is 35.5 Å². The first-order chi connectivity index (χ1) is 13.3. The molecule has 2 N–H and O–H groups in total. The number of thioether (sulfide) groups is 1. The lowest BCUT2D eigenvalue weighted by Crippen LogP contribution is -2.15. The highest BCUT2D eigenvalue weighted by Gasteiger charge is 2.31. The van der Waals surface area contributed by atoms with Crippen LogP contribution in [-0.4, -0.2) is 26.8 Å². The molecule has 0 bridgehead atoms. The third-order valence-electron chi connectivity index (χ3n) is 3.63. The van der Waals surface area contributed by atoms with E-state index >= 15 is 0 Å². The first-order valence-electron chi connectivity index (χ1n) is 8.06. The number of hydrogen-bond donors (Lipinski definition) is 2. The molecule has 2 aromatic carbocycles. The van der Waals surface area contributed by atoms with Crippen LogP contribution in [0.2, 0.25) is 5.02 Å². The van der Waals surface area contributed by atoms with Crippen LogP contribution in [0.1, 0.15) is 17.0 Å². The molecule has 0 aliphatic carbocycles. The first kappa shape index (κ1) is 20.2. The minimum atomic E-state index is -4.52. The predicted molar refractivity (Wildman–Crippen MR) is 101 cm³/mol. The Morgan fingerprint density at radius 1 is 1.18 bits per heavy atom. The molecule has 10 heteroatoms. The van der Waals surface area contributed by atoms with Crippen LogP contribution in [-0.2, 0) is 17.4 Å². The fourth-order valence-electron chi connectivity index (χ4n) is 2.32. The summed E-state index contributed by atoms with van der Waals surface area (Å²) in [5, 5.41) is 9.60. The number of hydrogen-bond acceptors (Lipinski definition) is 4. The summed E-state index contributed by atoms with van der Waals surface area (Å²) >= 11 is 6.93. The van der Waals surface area contributed by atoms with Crippen molar-refractivity contribution in [3.05, 3.63) is 70.5 Å². The van der Waals surface area contributed by atoms with Crippen LogP contribution in [0.15, 0.2) is 53.7 Å². The smallest absolute Gasteiger partial charge is 0.324 e. The third-order valence-corrected chi connectivity index (χ3v) is 4.80. The first-order valence-corrected chi connectivity index (χ1v) is 9.42. The average Bonchev–Trinajstić information content (AvgIpc) is 3.09. The van der Waals surface area contributed by atoms with Gasteiger partial charge >= 0.3 is 6.18 Å². The Hall–Kier alpha value is -2.52. The average molecular weight is 427 g/mol. The van der Waals surface area contributed by atoms with E-state index in [1.807, 2.05) is 30.3 Å². The number of carbonyl (C=O) groups is 1. The fourth-order valence-corrected chi connectivity index (χ4v) is 3.11. The van der Waals surface area contributed by atoms with E-state index in [0.29, 0.717) is 17.4 Å². The van der Waals surface area contributed by atoms with Gasteiger partial charge in [0, 0.05) is 6.42 Å². The van der Waals surface area contributed by atoms with E-state index in [-0.39, 0.29) is 16.5 Å². The quantitative estimate of drug-likeness (QED) is 0.555. The summed E-state index contributed by atoms with van der Waals surface area (Å²) < 4.78 is 38.4. The van der Waals surface area contributed by atoms with Gasteiger partial charge in [-0.05, 0) is 23.8 Å². The second-order valence-electron chi connectivity index (χ2n) is 5.76. The van der Waals surface area contributed by atoms with Crippen molar-refractivity contribution < 1.29 is 18.0 Å². The van der Waals surface area contributed by atoms with E-state index in [1.54, 1.807) is 0 Å². The number of alkyl halides is 3. The number of benzene rings is 2. The lowest BCUT2D eigenvalue weighted by atomic mass is 10.1. The molecule has 0 saturated heterocycles. The normalized spacial score (nSPS) is 11.4. The second-order valence-corrected chi connectivity index (χ2v) is 7.11. The molecule has 0 aliphatic rings. The highest BCUT2D eigenvalue weighted by Crippen LogP contribution is 2.33. The summed E-state index contributed by atoms with van der Waals surface area (Å²) in [6.45, 7) is 0. The van der Waals surface area contributed by atoms with Gasteiger partial charge < -0.3 is 5.32 Å². The van der Waals surface area contributed by atoms with Crippen molar-refractivity contribution in [1.82, 2.24) is 15.2 Å². The lowest BCUT2D eigenvalue weighted by Gasteiger charge is -2.11. The molecule has 3 rings (SSSR count). The molecular formula is C18H14ClF3N4OS. The Balaban J connectivity index is 1.56. The van der Waals surface area contributed by atoms with Crippen molar-refractivity contribution in [3.8, 4) is 0 Å². The number of amides is 1. The zero-order valence-corrected chi connectivity index (χ0v) is 15.8. The number of nitrogens with zero attached hydrogens (tertiary/aromatic N) is 2. The number of halogens is 4. The van der Waals surface area contributed by atoms with Gasteiger partial charge in [-0.25, -0.2) is 4.98 Å². The molecule has 0 spiro atoms. The van der Waals surface area contributed by atoms with Crippen molar-refractivity contribution in [2.24, 2.45) is 0 Å². The van der Waals surface area contributed by atoms with E-state index in [1.165, 1.54) is 0 Å². The Morgan fingerprint density at radius 2 is 1.93 bits per heavy atom. The molecule has 3 aromatic rings. The Labute approximate surface area is 167 Å². The van der Waals surface area contributed by atoms with E-state index < -0.39 is 17.6 Å². The molecule has 0 atom stereocenters. The fraction of sp³-hybridized carbons (Fsp3) is 0.167. The number of H-pyrrole nitrogens is 1. The molecule has 5 nitrogen and oxygen atoms in total. The molecule has 1 heterocycles. The third kappa shape index (κ3) is 5.49. The number of rotatable bonds is 6. The number of nitrogens with one attached hydrogen (secondary N) is 2. The molecule has 0 radical (unpaired) electrons. The standard InChI is InChI=1S/C18H14ClF3N4OS/c19-13-7-6-12(18(20,21)22)9-14(13)23-16(27)10-28-17-24-15(25-26-17)8-11-4-2-1-3-5-11/h1-7,9H,8,10H2,(H,23,27)(H,24,25,26). The van der Waals surface area contributed by atoms with Gasteiger partial charge in [-0.1, -0.05) is 53.7 Å². The highest BCUT2D eigenvalue weighted by molar-refractivity contribution is 7.99. The van der Waals surface area contributed by atoms with Crippen molar-refractivity contribution in [1.29, 1.82) is 0 Å². The summed E-state index contributed by atoms with van der Waals surface area (Å²) in [4.78, 5) is 16.3. The van der Waals surface area contributed by atoms with Gasteiger partial charge in [0.2, 0.25) is 11.1 Å². The summed E-state index contributed by atoms with van der Waals surface area (Å²) in [6.07, 6.45) is -3.95. The van der Waals surface area contributed by atoms with Gasteiger partial charge in [-0.2, -0.15) is 13.2 Å². The van der Waals surface area contributed by atoms with Gasteiger partial charge in [-0.15, -0.1) is 5.10 Å². The van der Waals surface area contributed by atoms with Gasteiger partial charge in [0.15, 0.2) is 0 Å². The van der Waals surface area contributed by atoms with E-state index in [9.17, 15) is 18.0 Å². The molecule has 0 fully saturated rings. The SMILES string of the molecule is O=C(CSc1n[nH]c(Cc2ccccc2)n1)Nc1cc(C(F)(F)F)ccc1Cl. The van der Waals surface area contributed by atoms with Crippen LogP contribution < -0.4 is 5.32 Å². The van der Waals surface area contributed by atoms with Crippen LogP contribution >= 0.6 is 23.4 Å². The predicted octanol–water partition coefficient (Wildman–Crippen LogP) is 4.80. The van der Waals surface area contributed by atoms with Crippen molar-refractivity contribution >= 4 is 35.0 Å². The van der Waals surface area contributed by atoms with Crippen LogP contribution in [0.25, 0.3) is 0 Å². The summed E-state index contributed by atoms with van der Waals surface area (Å²) in [7, 11) is 0. The minimum Gasteiger partial charge on any atom is -0.324 e. The van der Waals surface area contributed by atoms with E-state index in [4.69, 9.17) is 11.6 Å². The van der Waals surface area contributed by atoms with E-state index in [2.05, 4.69) is 20.5 Å². The van der Waals surface area contributed by atoms with Gasteiger partial charge in [0.25, 0.3) is 0 Å². The minimum absolute atomic E-state index is 0.0226. The second kappa shape index (κ2) is 8.66. The topological polar surface area (TPSA) is 70.7 Å². The van der Waals surface area contributed by atoms with Crippen LogP contribution in [0.3, 0.4) is 0 Å². The maximum atomic E-state index is 12.8. The lowest BCUT2D eigenvalue weighted by molar-refractivity contribution is -0.137. The van der Waals surface area contributed by atoms with Gasteiger partial charge in [0.1, 0.15) is 5.82 Å². The Kier molecular flexibility index (Phi) is 6.25. The van der Waals surface area contributed by atoms with Gasteiger partial charge in [-0.3, -0.25) is 9.89 Å². The molecule has 0 aliphatic heterocycles. The largest absolute Gasteiger partial charge is 0.416 e. The molecule has 0 saturated carbocycles. The molecule has 0 unspecified atom stereocenters. The number of aromatic nitrogens is 3. The van der Waals surface area contributed by atoms with Crippen LogP contribution in [0.5, 0.6) is 0 Å². The zero-order valence-electron chi connectivity index (χ0n) is 14.3. The summed E-state index contributed by atoms with van der Waals surface area (Å²) in [6, 6.07) is 12.4. The molecule has 1 amide bonds. The van der Waals surface area contributed by atoms with Crippen LogP contribution in [0.4, 0.5) is 18.9 Å². The number of carbonyl (C=O) groups excluding carboxylic acids is 1. The highest BCUT2D eigenvalue weighted by atomic mass is 35.5. The maximum absolute atomic E-state index is 12.8. The van der Waals surface area contributed by atoms with Gasteiger partial charge in [0.05, 0.1) is 22.0 Å². The van der Waals surface area contributed by atoms with Crippen molar-refractivity contribution in [2.45, 2.75) is 17.8 Å². The maximum Gasteiger partial charge on any atom is 0.416 e. The van der Waals surface area contributed by atoms with Crippen LogP contribution in [0, 0.1) is 0 Å². The van der Waals surface area contributed by atoms with Crippen molar-refractivity contribution in [3.63, 3.8) is 0 Å².